The molecular weight excluding hydrogens is 393 g/mol. The van der Waals surface area contributed by atoms with Crippen LogP contribution in [0.4, 0.5) is 14.9 Å². The van der Waals surface area contributed by atoms with Crippen LogP contribution in [0.25, 0.3) is 0 Å². The van der Waals surface area contributed by atoms with Crippen LogP contribution in [0.5, 0.6) is 0 Å². The Hall–Kier alpha value is -2.60. The van der Waals surface area contributed by atoms with Crippen molar-refractivity contribution in [2.75, 3.05) is 18.4 Å². The van der Waals surface area contributed by atoms with Gasteiger partial charge >= 0.3 is 6.03 Å². The second-order valence-electron chi connectivity index (χ2n) is 7.30. The molecule has 1 aliphatic heterocycles. The maximum absolute atomic E-state index is 13.3. The summed E-state index contributed by atoms with van der Waals surface area (Å²) in [6, 6.07) is 13.0. The van der Waals surface area contributed by atoms with Crippen LogP contribution >= 0.6 is 11.6 Å². The Balaban J connectivity index is 1.42. The van der Waals surface area contributed by atoms with E-state index in [4.69, 9.17) is 11.6 Å². The van der Waals surface area contributed by atoms with E-state index >= 15 is 0 Å². The quantitative estimate of drug-likeness (QED) is 0.707. The third kappa shape index (κ3) is 6.46. The molecule has 2 N–H and O–H groups in total. The minimum Gasteiger partial charge on any atom is -0.352 e. The summed E-state index contributed by atoms with van der Waals surface area (Å²) >= 11 is 6.10. The van der Waals surface area contributed by atoms with Crippen LogP contribution in [0.1, 0.15) is 31.2 Å². The van der Waals surface area contributed by atoms with Gasteiger partial charge in [-0.3, -0.25) is 4.79 Å². The predicted octanol–water partition coefficient (Wildman–Crippen LogP) is 4.82. The van der Waals surface area contributed by atoms with Crippen molar-refractivity contribution in [3.8, 4) is 0 Å². The number of hydrogen-bond donors (Lipinski definition) is 2. The van der Waals surface area contributed by atoms with Crippen molar-refractivity contribution >= 4 is 29.2 Å². The van der Waals surface area contributed by atoms with Crippen molar-refractivity contribution in [3.05, 3.63) is 64.9 Å². The maximum Gasteiger partial charge on any atom is 0.321 e. The van der Waals surface area contributed by atoms with E-state index in [1.807, 2.05) is 18.2 Å². The van der Waals surface area contributed by atoms with E-state index < -0.39 is 0 Å². The average molecular weight is 418 g/mol. The fraction of sp³-hybridized carbons (Fsp3) is 0.364. The monoisotopic (exact) mass is 417 g/mol. The van der Waals surface area contributed by atoms with E-state index in [1.54, 1.807) is 23.1 Å². The topological polar surface area (TPSA) is 61.4 Å². The highest BCUT2D eigenvalue weighted by molar-refractivity contribution is 6.31. The van der Waals surface area contributed by atoms with Crippen molar-refractivity contribution in [3.63, 3.8) is 0 Å². The first-order valence-electron chi connectivity index (χ1n) is 9.83. The first kappa shape index (κ1) is 21.1. The van der Waals surface area contributed by atoms with Gasteiger partial charge in [0, 0.05) is 36.8 Å². The van der Waals surface area contributed by atoms with Gasteiger partial charge in [-0.05, 0) is 55.0 Å². The number of rotatable bonds is 6. The highest BCUT2D eigenvalue weighted by Crippen LogP contribution is 2.22. The Bertz CT molecular complexity index is 861. The number of nitrogens with zero attached hydrogens (tertiary/aromatic N) is 1. The fourth-order valence-electron chi connectivity index (χ4n) is 3.51. The van der Waals surface area contributed by atoms with Gasteiger partial charge in [0.05, 0.1) is 0 Å². The zero-order valence-electron chi connectivity index (χ0n) is 16.2. The Morgan fingerprint density at radius 3 is 2.79 bits per heavy atom. The lowest BCUT2D eigenvalue weighted by Gasteiger charge is -2.32. The minimum absolute atomic E-state index is 0.0220. The van der Waals surface area contributed by atoms with Crippen molar-refractivity contribution in [2.24, 2.45) is 5.92 Å². The summed E-state index contributed by atoms with van der Waals surface area (Å²) in [6.45, 7) is 1.67. The van der Waals surface area contributed by atoms with E-state index in [0.29, 0.717) is 36.8 Å². The predicted molar refractivity (Wildman–Crippen MR) is 112 cm³/mol. The first-order chi connectivity index (χ1) is 14.0. The van der Waals surface area contributed by atoms with E-state index in [2.05, 4.69) is 10.6 Å². The normalized spacial score (nSPS) is 16.3. The van der Waals surface area contributed by atoms with Crippen LogP contribution in [-0.2, 0) is 11.3 Å². The van der Waals surface area contributed by atoms with E-state index in [1.165, 1.54) is 12.1 Å². The van der Waals surface area contributed by atoms with E-state index in [0.717, 1.165) is 24.8 Å². The average Bonchev–Trinajstić information content (AvgIpc) is 2.72. The van der Waals surface area contributed by atoms with Gasteiger partial charge in [0.1, 0.15) is 5.82 Å². The fourth-order valence-corrected chi connectivity index (χ4v) is 3.72. The summed E-state index contributed by atoms with van der Waals surface area (Å²) in [6.07, 6.45) is 3.01. The van der Waals surface area contributed by atoms with Crippen LogP contribution < -0.4 is 10.6 Å². The zero-order chi connectivity index (χ0) is 20.6. The number of benzene rings is 2. The number of carbonyl (C=O) groups is 2. The summed E-state index contributed by atoms with van der Waals surface area (Å²) in [7, 11) is 0. The lowest BCUT2D eigenvalue weighted by atomic mass is 9.93. The number of anilines is 1. The molecule has 7 heteroatoms. The van der Waals surface area contributed by atoms with Gasteiger partial charge in [-0.1, -0.05) is 35.9 Å². The maximum atomic E-state index is 13.3. The van der Waals surface area contributed by atoms with Crippen molar-refractivity contribution in [2.45, 2.75) is 32.2 Å². The van der Waals surface area contributed by atoms with Gasteiger partial charge in [0.15, 0.2) is 0 Å². The summed E-state index contributed by atoms with van der Waals surface area (Å²) < 4.78 is 13.3. The molecule has 1 aliphatic rings. The van der Waals surface area contributed by atoms with E-state index in [-0.39, 0.29) is 23.7 Å². The number of urea groups is 1. The molecule has 3 amide bonds. The molecule has 5 nitrogen and oxygen atoms in total. The molecule has 0 aliphatic carbocycles. The molecule has 1 saturated heterocycles. The molecule has 0 bridgehead atoms. The van der Waals surface area contributed by atoms with Gasteiger partial charge in [0.2, 0.25) is 5.91 Å². The number of piperidine rings is 1. The third-order valence-corrected chi connectivity index (χ3v) is 5.46. The summed E-state index contributed by atoms with van der Waals surface area (Å²) in [5.41, 5.74) is 1.33. The smallest absolute Gasteiger partial charge is 0.321 e. The number of carbonyl (C=O) groups excluding carboxylic acids is 2. The minimum atomic E-state index is -0.387. The lowest BCUT2D eigenvalue weighted by molar-refractivity contribution is -0.121. The number of likely N-dealkylation sites (tertiary alicyclic amines) is 1. The molecule has 1 atom stereocenters. The molecule has 1 heterocycles. The largest absolute Gasteiger partial charge is 0.352 e. The van der Waals surface area contributed by atoms with Crippen LogP contribution in [0.2, 0.25) is 5.02 Å². The number of nitrogens with one attached hydrogen (secondary N) is 2. The second-order valence-corrected chi connectivity index (χ2v) is 7.71. The number of halogens is 2. The highest BCUT2D eigenvalue weighted by Gasteiger charge is 2.24. The van der Waals surface area contributed by atoms with Crippen LogP contribution in [0, 0.1) is 11.7 Å². The SMILES string of the molecule is O=C(CC[C@@H]1CCCN(C(=O)Nc2cccc(F)c2)C1)NCc1ccccc1Cl. The summed E-state index contributed by atoms with van der Waals surface area (Å²) in [4.78, 5) is 26.4. The van der Waals surface area contributed by atoms with Gasteiger partial charge in [-0.2, -0.15) is 0 Å². The molecule has 1 fully saturated rings. The summed E-state index contributed by atoms with van der Waals surface area (Å²) in [5, 5.41) is 6.28. The molecule has 3 rings (SSSR count). The first-order valence-corrected chi connectivity index (χ1v) is 10.2. The number of hydrogen-bond acceptors (Lipinski definition) is 2. The van der Waals surface area contributed by atoms with Gasteiger partial charge in [-0.25, -0.2) is 9.18 Å². The lowest BCUT2D eigenvalue weighted by Crippen LogP contribution is -2.42. The Morgan fingerprint density at radius 2 is 2.00 bits per heavy atom. The molecule has 0 saturated carbocycles. The summed E-state index contributed by atoms with van der Waals surface area (Å²) in [5.74, 6) is -0.138. The number of amides is 3. The molecule has 2 aromatic carbocycles. The highest BCUT2D eigenvalue weighted by atomic mass is 35.5. The standard InChI is InChI=1S/C22H25ClFN3O2/c23-20-9-2-1-6-17(20)14-25-21(28)11-10-16-5-4-12-27(15-16)22(29)26-19-8-3-7-18(24)13-19/h1-3,6-9,13,16H,4-5,10-12,14-15H2,(H,25,28)(H,26,29)/t16-/m0/s1. The van der Waals surface area contributed by atoms with Gasteiger partial charge in [0.25, 0.3) is 0 Å². The molecule has 2 aromatic rings. The zero-order valence-corrected chi connectivity index (χ0v) is 16.9. The molecule has 0 unspecified atom stereocenters. The third-order valence-electron chi connectivity index (χ3n) is 5.10. The van der Waals surface area contributed by atoms with Crippen LogP contribution in [0.3, 0.4) is 0 Å². The van der Waals surface area contributed by atoms with Crippen molar-refractivity contribution < 1.29 is 14.0 Å². The van der Waals surface area contributed by atoms with E-state index in [9.17, 15) is 14.0 Å². The molecule has 154 valence electrons. The van der Waals surface area contributed by atoms with Crippen molar-refractivity contribution in [1.82, 2.24) is 10.2 Å². The second kappa shape index (κ2) is 10.3. The molecule has 0 radical (unpaired) electrons. The van der Waals surface area contributed by atoms with Crippen LogP contribution in [-0.4, -0.2) is 29.9 Å². The molecule has 0 spiro atoms. The molecule has 29 heavy (non-hydrogen) atoms. The Labute approximate surface area is 175 Å². The Morgan fingerprint density at radius 1 is 1.17 bits per heavy atom. The van der Waals surface area contributed by atoms with Gasteiger partial charge < -0.3 is 15.5 Å². The van der Waals surface area contributed by atoms with Crippen LogP contribution in [0.15, 0.2) is 48.5 Å². The molecule has 0 aromatic heterocycles. The van der Waals surface area contributed by atoms with Crippen molar-refractivity contribution in [1.29, 1.82) is 0 Å². The van der Waals surface area contributed by atoms with Gasteiger partial charge in [-0.15, -0.1) is 0 Å². The molecular formula is C22H25ClFN3O2. The Kier molecular flexibility index (Phi) is 7.47.